The Balaban J connectivity index is 0.00000243. The minimum Gasteiger partial charge on any atom is -0.308 e. The average Bonchev–Trinajstić information content (AvgIpc) is 2.97. The van der Waals surface area contributed by atoms with E-state index in [1.807, 2.05) is 63.5 Å². The molecule has 1 amide bonds. The Bertz CT molecular complexity index is 911. The van der Waals surface area contributed by atoms with Crippen LogP contribution in [0.5, 0.6) is 0 Å². The lowest BCUT2D eigenvalue weighted by atomic mass is 10.1. The third-order valence-corrected chi connectivity index (χ3v) is 5.13. The van der Waals surface area contributed by atoms with E-state index in [9.17, 15) is 4.79 Å². The number of fused-ring (bicyclic) bond motifs is 1. The Morgan fingerprint density at radius 3 is 2.62 bits per heavy atom. The summed E-state index contributed by atoms with van der Waals surface area (Å²) in [7, 11) is 3.99. The maximum Gasteiger partial charge on any atom is 0.260 e. The van der Waals surface area contributed by atoms with E-state index in [2.05, 4.69) is 9.88 Å². The van der Waals surface area contributed by atoms with Crippen LogP contribution in [0.15, 0.2) is 42.5 Å². The topological polar surface area (TPSA) is 36.4 Å². The first-order chi connectivity index (χ1) is 11.9. The number of amides is 1. The third kappa shape index (κ3) is 4.74. The summed E-state index contributed by atoms with van der Waals surface area (Å²) >= 11 is 7.57. The number of hydrogen-bond donors (Lipinski definition) is 0. The monoisotopic (exact) mass is 409 g/mol. The molecule has 0 saturated heterocycles. The van der Waals surface area contributed by atoms with Crippen molar-refractivity contribution in [1.29, 1.82) is 0 Å². The molecule has 0 fully saturated rings. The number of hydrogen-bond acceptors (Lipinski definition) is 4. The van der Waals surface area contributed by atoms with Gasteiger partial charge in [0.2, 0.25) is 0 Å². The van der Waals surface area contributed by atoms with Gasteiger partial charge in [-0.1, -0.05) is 40.6 Å². The molecular formula is C19H21Cl2N3OS. The van der Waals surface area contributed by atoms with Crippen molar-refractivity contribution in [3.8, 4) is 0 Å². The lowest BCUT2D eigenvalue weighted by Crippen LogP contribution is -2.36. The van der Waals surface area contributed by atoms with Crippen LogP contribution in [0.4, 0.5) is 5.13 Å². The van der Waals surface area contributed by atoms with Crippen LogP contribution in [0.3, 0.4) is 0 Å². The quantitative estimate of drug-likeness (QED) is 0.601. The van der Waals surface area contributed by atoms with E-state index >= 15 is 0 Å². The van der Waals surface area contributed by atoms with Crippen molar-refractivity contribution in [3.63, 3.8) is 0 Å². The number of carbonyl (C=O) groups is 1. The number of nitrogens with zero attached hydrogens (tertiary/aromatic N) is 3. The smallest absolute Gasteiger partial charge is 0.260 e. The van der Waals surface area contributed by atoms with Gasteiger partial charge in [-0.25, -0.2) is 4.98 Å². The average molecular weight is 410 g/mol. The Hall–Kier alpha value is -1.66. The molecule has 2 aromatic carbocycles. The van der Waals surface area contributed by atoms with Crippen LogP contribution in [-0.2, 0) is 0 Å². The number of likely N-dealkylation sites (N-methyl/N-ethyl adjacent to an activating group) is 1. The summed E-state index contributed by atoms with van der Waals surface area (Å²) in [5.74, 6) is -0.0318. The maximum atomic E-state index is 13.1. The van der Waals surface area contributed by atoms with Gasteiger partial charge < -0.3 is 4.90 Å². The van der Waals surface area contributed by atoms with Gasteiger partial charge in [0.25, 0.3) is 5.91 Å². The van der Waals surface area contributed by atoms with Crippen LogP contribution < -0.4 is 4.90 Å². The minimum absolute atomic E-state index is 0. The number of aryl methyl sites for hydroxylation is 1. The van der Waals surface area contributed by atoms with Gasteiger partial charge >= 0.3 is 0 Å². The predicted molar refractivity (Wildman–Crippen MR) is 113 cm³/mol. The van der Waals surface area contributed by atoms with E-state index in [-0.39, 0.29) is 18.3 Å². The van der Waals surface area contributed by atoms with Crippen LogP contribution in [0.1, 0.15) is 15.9 Å². The molecule has 0 aliphatic rings. The van der Waals surface area contributed by atoms with Gasteiger partial charge in [-0.3, -0.25) is 9.69 Å². The Morgan fingerprint density at radius 2 is 1.92 bits per heavy atom. The fourth-order valence-corrected chi connectivity index (χ4v) is 3.79. The lowest BCUT2D eigenvalue weighted by molar-refractivity contribution is 0.0985. The predicted octanol–water partition coefficient (Wildman–Crippen LogP) is 4.89. The molecule has 0 bridgehead atoms. The molecule has 0 spiro atoms. The molecule has 0 atom stereocenters. The molecule has 3 aromatic rings. The number of aromatic nitrogens is 1. The van der Waals surface area contributed by atoms with Gasteiger partial charge in [0.1, 0.15) is 0 Å². The summed E-state index contributed by atoms with van der Waals surface area (Å²) in [5.41, 5.74) is 2.60. The highest BCUT2D eigenvalue weighted by atomic mass is 35.5. The van der Waals surface area contributed by atoms with Gasteiger partial charge in [0.15, 0.2) is 5.13 Å². The van der Waals surface area contributed by atoms with Gasteiger partial charge in [0.05, 0.1) is 10.2 Å². The van der Waals surface area contributed by atoms with E-state index in [4.69, 9.17) is 11.6 Å². The number of anilines is 1. The second kappa shape index (κ2) is 8.82. The second-order valence-corrected chi connectivity index (χ2v) is 7.68. The summed E-state index contributed by atoms with van der Waals surface area (Å²) < 4.78 is 0.981. The van der Waals surface area contributed by atoms with E-state index < -0.39 is 0 Å². The fourth-order valence-electron chi connectivity index (χ4n) is 2.52. The van der Waals surface area contributed by atoms with E-state index in [0.29, 0.717) is 22.3 Å². The molecular weight excluding hydrogens is 389 g/mol. The molecule has 26 heavy (non-hydrogen) atoms. The highest BCUT2D eigenvalue weighted by Crippen LogP contribution is 2.31. The van der Waals surface area contributed by atoms with Crippen molar-refractivity contribution in [3.05, 3.63) is 58.6 Å². The molecule has 0 N–H and O–H groups in total. The zero-order valence-electron chi connectivity index (χ0n) is 14.9. The fraction of sp³-hybridized carbons (Fsp3) is 0.263. The van der Waals surface area contributed by atoms with Crippen molar-refractivity contribution in [1.82, 2.24) is 9.88 Å². The van der Waals surface area contributed by atoms with Crippen LogP contribution in [0, 0.1) is 6.92 Å². The molecule has 3 rings (SSSR count). The molecule has 1 aromatic heterocycles. The van der Waals surface area contributed by atoms with Crippen molar-refractivity contribution in [2.45, 2.75) is 6.92 Å². The van der Waals surface area contributed by atoms with Crippen molar-refractivity contribution in [2.24, 2.45) is 0 Å². The van der Waals surface area contributed by atoms with Crippen LogP contribution in [-0.4, -0.2) is 43.0 Å². The third-order valence-electron chi connectivity index (χ3n) is 3.85. The van der Waals surface area contributed by atoms with Gasteiger partial charge in [-0.15, -0.1) is 12.4 Å². The van der Waals surface area contributed by atoms with Gasteiger partial charge in [-0.05, 0) is 51.4 Å². The van der Waals surface area contributed by atoms with Gasteiger partial charge in [-0.2, -0.15) is 0 Å². The molecule has 1 heterocycles. The summed E-state index contributed by atoms with van der Waals surface area (Å²) in [6.45, 7) is 3.32. The van der Waals surface area contributed by atoms with Crippen molar-refractivity contribution in [2.75, 3.05) is 32.1 Å². The zero-order chi connectivity index (χ0) is 18.0. The number of halogens is 2. The maximum absolute atomic E-state index is 13.1. The summed E-state index contributed by atoms with van der Waals surface area (Å²) in [6, 6.07) is 13.3. The van der Waals surface area contributed by atoms with E-state index in [1.165, 1.54) is 11.3 Å². The summed E-state index contributed by atoms with van der Waals surface area (Å²) in [5, 5.41) is 1.37. The van der Waals surface area contributed by atoms with E-state index in [0.717, 1.165) is 22.3 Å². The molecule has 7 heteroatoms. The molecule has 0 unspecified atom stereocenters. The Morgan fingerprint density at radius 1 is 1.15 bits per heavy atom. The van der Waals surface area contributed by atoms with Crippen LogP contribution in [0.25, 0.3) is 10.2 Å². The van der Waals surface area contributed by atoms with Crippen molar-refractivity contribution < 1.29 is 4.79 Å². The van der Waals surface area contributed by atoms with E-state index in [1.54, 1.807) is 4.90 Å². The molecule has 138 valence electrons. The highest BCUT2D eigenvalue weighted by molar-refractivity contribution is 7.22. The molecule has 0 aliphatic heterocycles. The summed E-state index contributed by atoms with van der Waals surface area (Å²) in [4.78, 5) is 21.6. The standard InChI is InChI=1S/C19H20ClN3OS.ClH/c1-13-5-4-6-14(11-13)18(24)23(10-9-22(2)3)19-21-16-8-7-15(20)12-17(16)25-19;/h4-8,11-12H,9-10H2,1-3H3;1H. The largest absolute Gasteiger partial charge is 0.308 e. The van der Waals surface area contributed by atoms with Crippen LogP contribution >= 0.6 is 35.3 Å². The molecule has 0 saturated carbocycles. The normalized spacial score (nSPS) is 10.8. The first kappa shape index (κ1) is 20.6. The summed E-state index contributed by atoms with van der Waals surface area (Å²) in [6.07, 6.45) is 0. The van der Waals surface area contributed by atoms with Crippen LogP contribution in [0.2, 0.25) is 5.02 Å². The Kier molecular flexibility index (Phi) is 7.01. The number of benzene rings is 2. The Labute approximate surface area is 168 Å². The van der Waals surface area contributed by atoms with Crippen molar-refractivity contribution >= 4 is 56.6 Å². The zero-order valence-corrected chi connectivity index (χ0v) is 17.3. The molecule has 4 nitrogen and oxygen atoms in total. The number of rotatable bonds is 5. The minimum atomic E-state index is -0.0318. The first-order valence-electron chi connectivity index (χ1n) is 8.03. The van der Waals surface area contributed by atoms with Gasteiger partial charge in [0, 0.05) is 23.7 Å². The molecule has 0 radical (unpaired) electrons. The first-order valence-corrected chi connectivity index (χ1v) is 9.23. The second-order valence-electron chi connectivity index (χ2n) is 6.24. The SMILES string of the molecule is Cc1cccc(C(=O)N(CCN(C)C)c2nc3ccc(Cl)cc3s2)c1.Cl. The molecule has 0 aliphatic carbocycles. The lowest BCUT2D eigenvalue weighted by Gasteiger charge is -2.22. The number of carbonyl (C=O) groups excluding carboxylic acids is 1. The number of thiazole rings is 1. The highest BCUT2D eigenvalue weighted by Gasteiger charge is 2.21.